The average Bonchev–Trinajstić information content (AvgIpc) is 4.01. The molecule has 0 bridgehead atoms. The molecule has 2 heterocycles. The number of thiophene rings is 1. The summed E-state index contributed by atoms with van der Waals surface area (Å²) < 4.78 is 9.87. The highest BCUT2D eigenvalue weighted by Crippen LogP contribution is 2.65. The lowest BCUT2D eigenvalue weighted by Gasteiger charge is -2.40. The van der Waals surface area contributed by atoms with Gasteiger partial charge in [-0.15, -0.1) is 11.3 Å². The second kappa shape index (κ2) is 14.1. The Morgan fingerprint density at radius 1 is 0.377 bits per heavy atom. The Morgan fingerprint density at radius 3 is 1.70 bits per heavy atom. The van der Waals surface area contributed by atoms with Crippen LogP contribution in [0.5, 0.6) is 11.5 Å². The number of para-hydroxylation sites is 1. The van der Waals surface area contributed by atoms with Gasteiger partial charge in [0.15, 0.2) is 0 Å². The van der Waals surface area contributed by atoms with E-state index in [1.54, 1.807) is 0 Å². The number of nitrogens with zero attached hydrogens (tertiary/aromatic N) is 1. The van der Waals surface area contributed by atoms with E-state index >= 15 is 0 Å². The Bertz CT molecular complexity index is 4090. The molecule has 2 aliphatic carbocycles. The van der Waals surface area contributed by atoms with E-state index < -0.39 is 5.41 Å². The van der Waals surface area contributed by atoms with Gasteiger partial charge in [0.2, 0.25) is 0 Å². The van der Waals surface area contributed by atoms with Crippen LogP contribution in [0, 0.1) is 0 Å². The van der Waals surface area contributed by atoms with Crippen LogP contribution in [0.1, 0.15) is 47.2 Å². The molecule has 69 heavy (non-hydrogen) atoms. The van der Waals surface area contributed by atoms with Crippen molar-refractivity contribution in [1.82, 2.24) is 0 Å². The fraction of sp³-hybridized carbons (Fsp3) is 0.0606. The predicted molar refractivity (Wildman–Crippen MR) is 289 cm³/mol. The van der Waals surface area contributed by atoms with Gasteiger partial charge in [-0.25, -0.2) is 0 Å². The Hall–Kier alpha value is -8.24. The standard InChI is InChI=1S/C66H43NOS/c1-65(2)52-27-11-7-21-45(52)46-36-35-42(39-57(46)65)67(59-31-16-26-50-48-23-10-14-32-60(48)69-64(50)59)58-30-13-9-22-47(58)49-25-15-29-54-61(49)51-24-8-12-28-53(51)66(54)55-37-33-40-17-3-5-19-43(40)62(55)68-63-44-20-6-4-18-41(44)34-38-56(63)66/h3-39H,1-2H3. The van der Waals surface area contributed by atoms with Crippen molar-refractivity contribution in [2.45, 2.75) is 24.7 Å². The van der Waals surface area contributed by atoms with Crippen LogP contribution in [0.3, 0.4) is 0 Å². The van der Waals surface area contributed by atoms with E-state index in [1.807, 2.05) is 11.3 Å². The molecule has 3 heteroatoms. The number of anilines is 3. The van der Waals surface area contributed by atoms with Crippen LogP contribution < -0.4 is 9.64 Å². The van der Waals surface area contributed by atoms with E-state index in [0.29, 0.717) is 0 Å². The zero-order valence-corrected chi connectivity index (χ0v) is 38.9. The van der Waals surface area contributed by atoms with Crippen LogP contribution >= 0.6 is 11.3 Å². The first-order valence-corrected chi connectivity index (χ1v) is 24.8. The van der Waals surface area contributed by atoms with Gasteiger partial charge in [0.25, 0.3) is 0 Å². The SMILES string of the molecule is CC1(C)c2ccccc2-c2ccc(N(c3ccccc3-c3cccc4c3-c3ccccc3C43c4ccc5ccccc5c4Oc4c3ccc3ccccc43)c3cccc4c3sc3ccccc34)cc21. The normalized spacial score (nSPS) is 14.3. The molecule has 0 amide bonds. The highest BCUT2D eigenvalue weighted by atomic mass is 32.1. The summed E-state index contributed by atoms with van der Waals surface area (Å²) in [5.41, 5.74) is 17.7. The minimum absolute atomic E-state index is 0.165. The number of benzene rings is 11. The largest absolute Gasteiger partial charge is 0.455 e. The van der Waals surface area contributed by atoms with Crippen molar-refractivity contribution in [3.63, 3.8) is 0 Å². The van der Waals surface area contributed by atoms with Gasteiger partial charge in [-0.1, -0.05) is 208 Å². The maximum Gasteiger partial charge on any atom is 0.140 e. The van der Waals surface area contributed by atoms with Gasteiger partial charge in [-0.3, -0.25) is 0 Å². The summed E-state index contributed by atoms with van der Waals surface area (Å²) in [6.45, 7) is 4.76. The van der Waals surface area contributed by atoms with E-state index in [-0.39, 0.29) is 5.41 Å². The fourth-order valence-electron chi connectivity index (χ4n) is 12.7. The molecule has 324 valence electrons. The first-order valence-electron chi connectivity index (χ1n) is 24.0. The molecular weight excluding hydrogens is 855 g/mol. The molecule has 12 aromatic rings. The number of hydrogen-bond acceptors (Lipinski definition) is 3. The summed E-state index contributed by atoms with van der Waals surface area (Å²) in [7, 11) is 0. The third-order valence-corrected chi connectivity index (χ3v) is 16.9. The second-order valence-electron chi connectivity index (χ2n) is 19.5. The monoisotopic (exact) mass is 897 g/mol. The first kappa shape index (κ1) is 38.8. The van der Waals surface area contributed by atoms with Gasteiger partial charge < -0.3 is 9.64 Å². The van der Waals surface area contributed by atoms with E-state index in [4.69, 9.17) is 4.74 Å². The molecule has 2 nitrogen and oxygen atoms in total. The van der Waals surface area contributed by atoms with Crippen LogP contribution in [0.4, 0.5) is 17.1 Å². The summed E-state index contributed by atoms with van der Waals surface area (Å²) in [5.74, 6) is 1.85. The maximum absolute atomic E-state index is 7.30. The van der Waals surface area contributed by atoms with Crippen molar-refractivity contribution < 1.29 is 4.74 Å². The van der Waals surface area contributed by atoms with E-state index in [1.165, 1.54) is 92.6 Å². The van der Waals surface area contributed by atoms with Crippen LogP contribution in [0.2, 0.25) is 0 Å². The van der Waals surface area contributed by atoms with Crippen molar-refractivity contribution in [1.29, 1.82) is 0 Å². The first-order chi connectivity index (χ1) is 34.0. The third-order valence-electron chi connectivity index (χ3n) is 15.7. The molecule has 0 fully saturated rings. The molecule has 0 saturated heterocycles. The van der Waals surface area contributed by atoms with E-state index in [0.717, 1.165) is 44.4 Å². The van der Waals surface area contributed by atoms with Crippen LogP contribution in [0.25, 0.3) is 75.1 Å². The average molecular weight is 898 g/mol. The van der Waals surface area contributed by atoms with Crippen LogP contribution in [-0.4, -0.2) is 0 Å². The summed E-state index contributed by atoms with van der Waals surface area (Å²) >= 11 is 1.88. The summed E-state index contributed by atoms with van der Waals surface area (Å²) in [6, 6.07) is 83.7. The summed E-state index contributed by atoms with van der Waals surface area (Å²) in [5, 5.41) is 7.13. The molecule has 1 aliphatic heterocycles. The van der Waals surface area contributed by atoms with Crippen molar-refractivity contribution in [3.8, 4) is 44.9 Å². The van der Waals surface area contributed by atoms with E-state index in [9.17, 15) is 0 Å². The molecule has 3 aliphatic rings. The van der Waals surface area contributed by atoms with Gasteiger partial charge in [-0.2, -0.15) is 0 Å². The molecule has 15 rings (SSSR count). The lowest BCUT2D eigenvalue weighted by Crippen LogP contribution is -2.32. The van der Waals surface area contributed by atoms with Gasteiger partial charge in [0, 0.05) is 54.0 Å². The van der Waals surface area contributed by atoms with Gasteiger partial charge >= 0.3 is 0 Å². The topological polar surface area (TPSA) is 12.5 Å². The molecule has 0 N–H and O–H groups in total. The van der Waals surface area contributed by atoms with Crippen LogP contribution in [0.15, 0.2) is 224 Å². The number of hydrogen-bond donors (Lipinski definition) is 0. The van der Waals surface area contributed by atoms with Crippen molar-refractivity contribution in [2.24, 2.45) is 0 Å². The number of ether oxygens (including phenoxy) is 1. The van der Waals surface area contributed by atoms with Gasteiger partial charge in [-0.05, 0) is 91.2 Å². The van der Waals surface area contributed by atoms with Crippen LogP contribution in [-0.2, 0) is 10.8 Å². The number of rotatable bonds is 4. The molecular formula is C66H43NOS. The molecule has 1 aromatic heterocycles. The second-order valence-corrected chi connectivity index (χ2v) is 20.5. The highest BCUT2D eigenvalue weighted by Gasteiger charge is 2.52. The minimum Gasteiger partial charge on any atom is -0.455 e. The molecule has 0 saturated carbocycles. The summed E-state index contributed by atoms with van der Waals surface area (Å²) in [6.07, 6.45) is 0. The lowest BCUT2D eigenvalue weighted by atomic mass is 9.65. The fourth-order valence-corrected chi connectivity index (χ4v) is 13.9. The van der Waals surface area contributed by atoms with Crippen molar-refractivity contribution in [2.75, 3.05) is 4.90 Å². The lowest BCUT2D eigenvalue weighted by molar-refractivity contribution is 0.447. The smallest absolute Gasteiger partial charge is 0.140 e. The van der Waals surface area contributed by atoms with Crippen molar-refractivity contribution in [3.05, 3.63) is 258 Å². The van der Waals surface area contributed by atoms with E-state index in [2.05, 4.69) is 243 Å². The Labute approximate surface area is 405 Å². The molecule has 0 unspecified atom stereocenters. The zero-order valence-electron chi connectivity index (χ0n) is 38.1. The molecule has 0 radical (unpaired) electrons. The van der Waals surface area contributed by atoms with Gasteiger partial charge in [0.1, 0.15) is 11.5 Å². The Balaban J connectivity index is 1.02. The van der Waals surface area contributed by atoms with Gasteiger partial charge in [0.05, 0.1) is 21.5 Å². The highest BCUT2D eigenvalue weighted by molar-refractivity contribution is 7.26. The maximum atomic E-state index is 7.30. The third kappa shape index (κ3) is 5.15. The molecule has 1 spiro atoms. The zero-order chi connectivity index (χ0) is 45.6. The Kier molecular flexibility index (Phi) is 7.96. The predicted octanol–water partition coefficient (Wildman–Crippen LogP) is 18.3. The molecule has 11 aromatic carbocycles. The Morgan fingerprint density at radius 2 is 0.928 bits per heavy atom. The molecule has 0 atom stereocenters. The number of fused-ring (bicyclic) bond motifs is 19. The minimum atomic E-state index is -0.656. The summed E-state index contributed by atoms with van der Waals surface area (Å²) in [4.78, 5) is 2.56. The quantitative estimate of drug-likeness (QED) is 0.175. The van der Waals surface area contributed by atoms with Crippen molar-refractivity contribution >= 4 is 70.1 Å².